The van der Waals surface area contributed by atoms with Gasteiger partial charge in [0.2, 0.25) is 0 Å². The van der Waals surface area contributed by atoms with E-state index >= 15 is 0 Å². The second-order valence-electron chi connectivity index (χ2n) is 7.04. The summed E-state index contributed by atoms with van der Waals surface area (Å²) in [5.41, 5.74) is 0.676. The Kier molecular flexibility index (Phi) is 4.08. The van der Waals surface area contributed by atoms with Crippen LogP contribution in [0.4, 0.5) is 0 Å². The van der Waals surface area contributed by atoms with E-state index in [0.29, 0.717) is 40.4 Å². The van der Waals surface area contributed by atoms with Crippen LogP contribution in [0.2, 0.25) is 0 Å². The number of aromatic hydroxyl groups is 1. The van der Waals surface area contributed by atoms with Crippen molar-refractivity contribution in [2.45, 2.75) is 25.6 Å². The normalized spacial score (nSPS) is 17.7. The maximum atomic E-state index is 12.6. The second kappa shape index (κ2) is 6.32. The molecule has 0 amide bonds. The molecule has 6 nitrogen and oxygen atoms in total. The number of hydrogen-bond donors (Lipinski definition) is 1. The first-order chi connectivity index (χ1) is 12.9. The van der Waals surface area contributed by atoms with Crippen molar-refractivity contribution in [3.05, 3.63) is 52.7 Å². The zero-order valence-corrected chi connectivity index (χ0v) is 15.3. The van der Waals surface area contributed by atoms with E-state index in [9.17, 15) is 9.90 Å². The lowest BCUT2D eigenvalue weighted by Crippen LogP contribution is -2.12. The molecule has 0 saturated carbocycles. The largest absolute Gasteiger partial charge is 0.508 e. The van der Waals surface area contributed by atoms with Gasteiger partial charge < -0.3 is 23.7 Å². The summed E-state index contributed by atoms with van der Waals surface area (Å²) in [6.45, 7) is 4.42. The van der Waals surface area contributed by atoms with Crippen LogP contribution in [-0.2, 0) is 4.74 Å². The zero-order valence-electron chi connectivity index (χ0n) is 15.3. The highest BCUT2D eigenvalue weighted by atomic mass is 16.6. The molecule has 1 aromatic heterocycles. The summed E-state index contributed by atoms with van der Waals surface area (Å²) in [7, 11) is 1.50. The summed E-state index contributed by atoms with van der Waals surface area (Å²) >= 11 is 0. The molecule has 0 aliphatic carbocycles. The van der Waals surface area contributed by atoms with Crippen LogP contribution in [0.25, 0.3) is 22.3 Å². The Morgan fingerprint density at radius 2 is 1.85 bits per heavy atom. The monoisotopic (exact) mass is 368 g/mol. The molecular weight excluding hydrogens is 348 g/mol. The summed E-state index contributed by atoms with van der Waals surface area (Å²) in [4.78, 5) is 12.6. The van der Waals surface area contributed by atoms with Gasteiger partial charge in [0, 0.05) is 23.8 Å². The molecule has 4 rings (SSSR count). The molecule has 27 heavy (non-hydrogen) atoms. The molecule has 1 fully saturated rings. The molecule has 0 unspecified atom stereocenters. The number of benzene rings is 2. The number of hydrogen-bond acceptors (Lipinski definition) is 6. The molecule has 140 valence electrons. The molecule has 1 atom stereocenters. The van der Waals surface area contributed by atoms with Crippen molar-refractivity contribution < 1.29 is 23.7 Å². The molecule has 2 heterocycles. The van der Waals surface area contributed by atoms with Crippen molar-refractivity contribution in [3.63, 3.8) is 0 Å². The van der Waals surface area contributed by atoms with Gasteiger partial charge in [-0.15, -0.1) is 0 Å². The first kappa shape index (κ1) is 17.4. The van der Waals surface area contributed by atoms with Crippen molar-refractivity contribution in [1.82, 2.24) is 0 Å². The van der Waals surface area contributed by atoms with Crippen molar-refractivity contribution in [2.75, 3.05) is 13.7 Å². The van der Waals surface area contributed by atoms with E-state index in [1.165, 1.54) is 25.3 Å². The van der Waals surface area contributed by atoms with E-state index in [1.807, 2.05) is 13.8 Å². The van der Waals surface area contributed by atoms with Crippen LogP contribution in [0, 0.1) is 0 Å². The van der Waals surface area contributed by atoms with Crippen LogP contribution in [-0.4, -0.2) is 30.5 Å². The van der Waals surface area contributed by atoms with Gasteiger partial charge in [-0.1, -0.05) is 0 Å². The molecule has 3 aromatic rings. The average molecular weight is 368 g/mol. The Bertz CT molecular complexity index is 1050. The van der Waals surface area contributed by atoms with Gasteiger partial charge in [-0.25, -0.2) is 0 Å². The minimum Gasteiger partial charge on any atom is -0.508 e. The van der Waals surface area contributed by atoms with Crippen LogP contribution < -0.4 is 14.9 Å². The van der Waals surface area contributed by atoms with E-state index in [2.05, 4.69) is 0 Å². The Balaban J connectivity index is 1.74. The Morgan fingerprint density at radius 1 is 1.15 bits per heavy atom. The van der Waals surface area contributed by atoms with Crippen molar-refractivity contribution in [1.29, 1.82) is 0 Å². The van der Waals surface area contributed by atoms with Gasteiger partial charge in [0.15, 0.2) is 5.43 Å². The van der Waals surface area contributed by atoms with Crippen LogP contribution in [0.15, 0.2) is 51.7 Å². The lowest BCUT2D eigenvalue weighted by molar-refractivity contribution is 0.253. The van der Waals surface area contributed by atoms with E-state index in [4.69, 9.17) is 18.6 Å². The van der Waals surface area contributed by atoms with Gasteiger partial charge in [0.1, 0.15) is 46.7 Å². The number of rotatable bonds is 5. The molecule has 0 spiro atoms. The average Bonchev–Trinajstić information content (AvgIpc) is 3.26. The minimum absolute atomic E-state index is 0.0366. The van der Waals surface area contributed by atoms with E-state index in [0.717, 1.165) is 0 Å². The molecule has 0 radical (unpaired) electrons. The van der Waals surface area contributed by atoms with Crippen molar-refractivity contribution in [2.24, 2.45) is 0 Å². The SMILES string of the molecule is COc1cc(OC[C@H]2OC2(C)C)cc2oc(-c3ccc(O)cc3)cc(=O)c12. The van der Waals surface area contributed by atoms with Gasteiger partial charge in [-0.3, -0.25) is 4.79 Å². The number of methoxy groups -OCH3 is 1. The fraction of sp³-hybridized carbons (Fsp3) is 0.286. The van der Waals surface area contributed by atoms with Gasteiger partial charge >= 0.3 is 0 Å². The summed E-state index contributed by atoms with van der Waals surface area (Å²) in [5.74, 6) is 1.48. The molecule has 1 aliphatic heterocycles. The lowest BCUT2D eigenvalue weighted by Gasteiger charge is -2.11. The van der Waals surface area contributed by atoms with Crippen LogP contribution in [0.3, 0.4) is 0 Å². The number of epoxide rings is 1. The maximum Gasteiger partial charge on any atom is 0.197 e. The zero-order chi connectivity index (χ0) is 19.2. The first-order valence-corrected chi connectivity index (χ1v) is 8.63. The van der Waals surface area contributed by atoms with Crippen molar-refractivity contribution in [3.8, 4) is 28.6 Å². The Hall–Kier alpha value is -2.99. The Labute approximate surface area is 155 Å². The summed E-state index contributed by atoms with van der Waals surface area (Å²) in [6, 6.07) is 11.2. The highest BCUT2D eigenvalue weighted by molar-refractivity contribution is 5.86. The molecule has 6 heteroatoms. The van der Waals surface area contributed by atoms with Gasteiger partial charge in [0.05, 0.1) is 12.7 Å². The van der Waals surface area contributed by atoms with Crippen LogP contribution >= 0.6 is 0 Å². The molecule has 1 N–H and O–H groups in total. The molecule has 1 aliphatic rings. The van der Waals surface area contributed by atoms with E-state index in [1.54, 1.807) is 24.3 Å². The molecular formula is C21H20O6. The standard InChI is InChI=1S/C21H20O6/c1-21(2)19(27-21)11-25-14-8-17(24-3)20-15(23)10-16(26-18(20)9-14)12-4-6-13(22)7-5-12/h4-10,19,22H,11H2,1-3H3/t19-/m1/s1. The second-order valence-corrected chi connectivity index (χ2v) is 7.04. The van der Waals surface area contributed by atoms with Gasteiger partial charge in [-0.05, 0) is 38.1 Å². The maximum absolute atomic E-state index is 12.6. The third kappa shape index (κ3) is 3.36. The predicted octanol–water partition coefficient (Wildman–Crippen LogP) is 3.73. The lowest BCUT2D eigenvalue weighted by atomic mass is 10.1. The highest BCUT2D eigenvalue weighted by Gasteiger charge is 2.48. The number of fused-ring (bicyclic) bond motifs is 1. The molecule has 1 saturated heterocycles. The van der Waals surface area contributed by atoms with Gasteiger partial charge in [-0.2, -0.15) is 0 Å². The number of phenolic OH excluding ortho intramolecular Hbond substituents is 1. The fourth-order valence-electron chi connectivity index (χ4n) is 2.98. The van der Waals surface area contributed by atoms with Crippen molar-refractivity contribution >= 4 is 11.0 Å². The van der Waals surface area contributed by atoms with Crippen LogP contribution in [0.5, 0.6) is 17.2 Å². The quantitative estimate of drug-likeness (QED) is 0.691. The highest BCUT2D eigenvalue weighted by Crippen LogP contribution is 2.37. The third-order valence-corrected chi connectivity index (χ3v) is 4.71. The molecule has 0 bridgehead atoms. The number of phenols is 1. The summed E-state index contributed by atoms with van der Waals surface area (Å²) in [6.07, 6.45) is 0.0366. The summed E-state index contributed by atoms with van der Waals surface area (Å²) < 4.78 is 22.7. The van der Waals surface area contributed by atoms with Gasteiger partial charge in [0.25, 0.3) is 0 Å². The smallest absolute Gasteiger partial charge is 0.197 e. The topological polar surface area (TPSA) is 81.4 Å². The Morgan fingerprint density at radius 3 is 2.48 bits per heavy atom. The predicted molar refractivity (Wildman–Crippen MR) is 101 cm³/mol. The van der Waals surface area contributed by atoms with Crippen LogP contribution in [0.1, 0.15) is 13.8 Å². The van der Waals surface area contributed by atoms with E-state index in [-0.39, 0.29) is 22.9 Å². The fourth-order valence-corrected chi connectivity index (χ4v) is 2.98. The summed E-state index contributed by atoms with van der Waals surface area (Å²) in [5, 5.41) is 9.80. The number of ether oxygens (including phenoxy) is 3. The third-order valence-electron chi connectivity index (χ3n) is 4.71. The molecule has 2 aromatic carbocycles. The minimum atomic E-state index is -0.214. The van der Waals surface area contributed by atoms with E-state index < -0.39 is 0 Å². The first-order valence-electron chi connectivity index (χ1n) is 8.63.